The van der Waals surface area contributed by atoms with Crippen LogP contribution < -0.4 is 15.3 Å². The number of ether oxygens (including phenoxy) is 1. The number of pyridine rings is 1. The number of aromatic nitrogens is 3. The van der Waals surface area contributed by atoms with Crippen molar-refractivity contribution in [2.45, 2.75) is 46.1 Å². The molecule has 0 unspecified atom stereocenters. The van der Waals surface area contributed by atoms with Gasteiger partial charge in [0.25, 0.3) is 0 Å². The Bertz CT molecular complexity index is 1850. The van der Waals surface area contributed by atoms with Gasteiger partial charge >= 0.3 is 5.69 Å². The fourth-order valence-electron chi connectivity index (χ4n) is 6.31. The lowest BCUT2D eigenvalue weighted by Gasteiger charge is -2.40. The Hall–Kier alpha value is -4.24. The summed E-state index contributed by atoms with van der Waals surface area (Å²) in [5, 5.41) is 0.889. The van der Waals surface area contributed by atoms with Crippen molar-refractivity contribution < 1.29 is 13.9 Å². The van der Waals surface area contributed by atoms with Gasteiger partial charge in [-0.3, -0.25) is 14.3 Å². The van der Waals surface area contributed by atoms with E-state index in [2.05, 4.69) is 16.5 Å². The lowest BCUT2D eigenvalue weighted by molar-refractivity contribution is -0.126. The number of carbonyl (C=O) groups is 1. The number of halogens is 2. The fourth-order valence-corrected chi connectivity index (χ4v) is 6.60. The zero-order valence-corrected chi connectivity index (χ0v) is 25.4. The molecule has 8 nitrogen and oxygen atoms in total. The highest BCUT2D eigenvalue weighted by Gasteiger charge is 2.33. The number of hydrogen-bond donors (Lipinski definition) is 0. The van der Waals surface area contributed by atoms with E-state index in [1.54, 1.807) is 27.8 Å². The van der Waals surface area contributed by atoms with Gasteiger partial charge in [-0.1, -0.05) is 44.2 Å². The summed E-state index contributed by atoms with van der Waals surface area (Å²) in [5.74, 6) is 0.213. The number of carbonyl (C=O) groups excluding carboxylic acids is 1. The van der Waals surface area contributed by atoms with Crippen LogP contribution in [-0.2, 0) is 11.2 Å². The molecule has 2 aromatic heterocycles. The zero-order chi connectivity index (χ0) is 30.6. The van der Waals surface area contributed by atoms with Crippen LogP contribution in [0.5, 0.6) is 5.75 Å². The first-order valence-electron chi connectivity index (χ1n) is 14.5. The molecule has 2 aromatic carbocycles. The number of benzene rings is 2. The summed E-state index contributed by atoms with van der Waals surface area (Å²) in [6.07, 6.45) is 3.51. The fraction of sp³-hybridized carbons (Fsp3) is 0.333. The quantitative estimate of drug-likeness (QED) is 0.274. The SMILES string of the molecule is C=CC(=O)N1CCN(c2nc(=O)n(-c3c(C)ccnc3C(C)C)c3c4c(c(Cl)cc23)-c2c(F)cccc2CCO4)[C@@H](C)C1. The van der Waals surface area contributed by atoms with Crippen LogP contribution in [-0.4, -0.2) is 57.6 Å². The Morgan fingerprint density at radius 1 is 1.23 bits per heavy atom. The van der Waals surface area contributed by atoms with Gasteiger partial charge in [0.1, 0.15) is 17.2 Å². The minimum Gasteiger partial charge on any atom is -0.490 e. The number of anilines is 1. The summed E-state index contributed by atoms with van der Waals surface area (Å²) in [6.45, 7) is 13.2. The molecule has 0 aliphatic carbocycles. The number of fused-ring (bicyclic) bond motifs is 5. The van der Waals surface area contributed by atoms with Gasteiger partial charge in [-0.05, 0) is 55.2 Å². The van der Waals surface area contributed by atoms with Crippen molar-refractivity contribution in [3.63, 3.8) is 0 Å². The number of hydrogen-bond acceptors (Lipinski definition) is 6. The second-order valence-corrected chi connectivity index (χ2v) is 11.8. The van der Waals surface area contributed by atoms with Crippen LogP contribution in [0.4, 0.5) is 10.2 Å². The molecule has 2 aliphatic rings. The van der Waals surface area contributed by atoms with E-state index in [0.717, 1.165) is 16.8 Å². The van der Waals surface area contributed by atoms with E-state index in [-0.39, 0.29) is 24.5 Å². The summed E-state index contributed by atoms with van der Waals surface area (Å²) in [7, 11) is 0. The molecule has 1 saturated heterocycles. The summed E-state index contributed by atoms with van der Waals surface area (Å²) >= 11 is 7.02. The van der Waals surface area contributed by atoms with E-state index >= 15 is 4.39 Å². The maximum atomic E-state index is 15.5. The van der Waals surface area contributed by atoms with Crippen molar-refractivity contribution >= 4 is 34.2 Å². The van der Waals surface area contributed by atoms with Crippen LogP contribution in [0, 0.1) is 12.7 Å². The molecule has 222 valence electrons. The Balaban J connectivity index is 1.72. The topological polar surface area (TPSA) is 80.6 Å². The van der Waals surface area contributed by atoms with Gasteiger partial charge in [-0.15, -0.1) is 0 Å². The first-order valence-corrected chi connectivity index (χ1v) is 14.8. The van der Waals surface area contributed by atoms with Crippen LogP contribution in [0.15, 0.2) is 54.0 Å². The highest BCUT2D eigenvalue weighted by molar-refractivity contribution is 6.35. The Morgan fingerprint density at radius 3 is 2.74 bits per heavy atom. The number of nitrogens with zero attached hydrogens (tertiary/aromatic N) is 5. The molecule has 1 amide bonds. The van der Waals surface area contributed by atoms with E-state index in [4.69, 9.17) is 16.3 Å². The highest BCUT2D eigenvalue weighted by Crippen LogP contribution is 2.48. The predicted molar refractivity (Wildman–Crippen MR) is 167 cm³/mol. The number of amides is 1. The third-order valence-corrected chi connectivity index (χ3v) is 8.64. The summed E-state index contributed by atoms with van der Waals surface area (Å²) in [6, 6.07) is 8.41. The summed E-state index contributed by atoms with van der Waals surface area (Å²) < 4.78 is 23.5. The average Bonchev–Trinajstić information content (AvgIpc) is 3.18. The van der Waals surface area contributed by atoms with Gasteiger partial charge in [-0.2, -0.15) is 4.98 Å². The van der Waals surface area contributed by atoms with E-state index in [0.29, 0.717) is 70.4 Å². The molecule has 0 bridgehead atoms. The van der Waals surface area contributed by atoms with Crippen LogP contribution in [0.2, 0.25) is 5.02 Å². The van der Waals surface area contributed by atoms with Crippen molar-refractivity contribution in [3.8, 4) is 22.6 Å². The van der Waals surface area contributed by atoms with Crippen LogP contribution in [0.1, 0.15) is 43.5 Å². The zero-order valence-electron chi connectivity index (χ0n) is 24.7. The molecule has 0 radical (unpaired) electrons. The summed E-state index contributed by atoms with van der Waals surface area (Å²) in [4.78, 5) is 39.7. The minimum atomic E-state index is -0.511. The van der Waals surface area contributed by atoms with Crippen LogP contribution in [0.25, 0.3) is 27.7 Å². The average molecular weight is 602 g/mol. The van der Waals surface area contributed by atoms with E-state index in [1.165, 1.54) is 12.1 Å². The van der Waals surface area contributed by atoms with Gasteiger partial charge in [0.15, 0.2) is 5.75 Å². The molecule has 4 aromatic rings. The Labute approximate surface area is 254 Å². The normalized spacial score (nSPS) is 16.5. The van der Waals surface area contributed by atoms with Crippen molar-refractivity contribution in [1.82, 2.24) is 19.4 Å². The molecule has 0 saturated carbocycles. The van der Waals surface area contributed by atoms with E-state index in [9.17, 15) is 9.59 Å². The molecule has 0 N–H and O–H groups in total. The summed E-state index contributed by atoms with van der Waals surface area (Å²) in [5.41, 5.74) is 3.69. The van der Waals surface area contributed by atoms with Gasteiger partial charge in [0.05, 0.1) is 23.0 Å². The molecular formula is C33H33ClFN5O3. The largest absolute Gasteiger partial charge is 0.490 e. The van der Waals surface area contributed by atoms with Gasteiger partial charge in [0.2, 0.25) is 5.91 Å². The first kappa shape index (κ1) is 28.9. The number of aryl methyl sites for hydroxylation is 1. The van der Waals surface area contributed by atoms with Crippen molar-refractivity contribution in [2.75, 3.05) is 31.1 Å². The lowest BCUT2D eigenvalue weighted by atomic mass is 9.95. The Kier molecular flexibility index (Phi) is 7.46. The van der Waals surface area contributed by atoms with E-state index < -0.39 is 11.5 Å². The molecule has 0 spiro atoms. The van der Waals surface area contributed by atoms with E-state index in [1.807, 2.05) is 44.7 Å². The minimum absolute atomic E-state index is 0.00276. The molecule has 4 heterocycles. The van der Waals surface area contributed by atoms with Crippen molar-refractivity contribution in [2.24, 2.45) is 0 Å². The lowest BCUT2D eigenvalue weighted by Crippen LogP contribution is -2.54. The first-order chi connectivity index (χ1) is 20.6. The molecule has 1 fully saturated rings. The Morgan fingerprint density at radius 2 is 2.02 bits per heavy atom. The van der Waals surface area contributed by atoms with Gasteiger partial charge in [-0.25, -0.2) is 9.18 Å². The number of piperazine rings is 1. The van der Waals surface area contributed by atoms with Crippen LogP contribution >= 0.6 is 11.6 Å². The third kappa shape index (κ3) is 4.76. The molecule has 43 heavy (non-hydrogen) atoms. The molecule has 1 atom stereocenters. The third-order valence-electron chi connectivity index (χ3n) is 8.34. The number of rotatable bonds is 4. The molecule has 10 heteroatoms. The maximum Gasteiger partial charge on any atom is 0.354 e. The van der Waals surface area contributed by atoms with Crippen LogP contribution in [0.3, 0.4) is 0 Å². The van der Waals surface area contributed by atoms with Gasteiger partial charge in [0, 0.05) is 54.8 Å². The molecular weight excluding hydrogens is 569 g/mol. The monoisotopic (exact) mass is 601 g/mol. The highest BCUT2D eigenvalue weighted by atomic mass is 35.5. The maximum absolute atomic E-state index is 15.5. The smallest absolute Gasteiger partial charge is 0.354 e. The molecule has 2 aliphatic heterocycles. The second-order valence-electron chi connectivity index (χ2n) is 11.4. The predicted octanol–water partition coefficient (Wildman–Crippen LogP) is 5.83. The molecule has 6 rings (SSSR count). The van der Waals surface area contributed by atoms with Crippen molar-refractivity contribution in [1.29, 1.82) is 0 Å². The van der Waals surface area contributed by atoms with Crippen molar-refractivity contribution in [3.05, 3.63) is 87.3 Å². The standard InChI is InChI=1S/C33H33ClFN5O3/c1-6-25(41)38-13-14-39(20(5)17-38)32-22-16-23(34)27-26-21(8-7-9-24(26)35)11-15-43-31(27)30(22)40(33(42)37-32)29-19(4)10-12-36-28(29)18(2)3/h6-10,12,16,18,20H,1,11,13-15,17H2,2-5H3/t20-/m0/s1. The van der Waals surface area contributed by atoms with Gasteiger partial charge < -0.3 is 14.5 Å². The second kappa shape index (κ2) is 11.1.